The molecule has 1 aromatic heterocycles. The number of aliphatic hydroxyl groups is 1. The van der Waals surface area contributed by atoms with Crippen LogP contribution in [0.4, 0.5) is 0 Å². The molecule has 0 bridgehead atoms. The van der Waals surface area contributed by atoms with Crippen molar-refractivity contribution >= 4 is 21.8 Å². The third-order valence-corrected chi connectivity index (χ3v) is 5.05. The van der Waals surface area contributed by atoms with Gasteiger partial charge in [-0.2, -0.15) is 0 Å². The number of carbonyl (C=O) groups is 1. The summed E-state index contributed by atoms with van der Waals surface area (Å²) in [6, 6.07) is 3.62. The first kappa shape index (κ1) is 14.1. The summed E-state index contributed by atoms with van der Waals surface area (Å²) in [4.78, 5) is 14.5. The molecule has 1 aliphatic carbocycles. The Morgan fingerprint density at radius 3 is 2.75 bits per heavy atom. The number of hydrogen-bond acceptors (Lipinski definition) is 3. The van der Waals surface area contributed by atoms with Crippen LogP contribution in [0.1, 0.15) is 49.1 Å². The Bertz CT molecular complexity index is 487. The molecule has 3 rings (SSSR count). The van der Waals surface area contributed by atoms with Crippen molar-refractivity contribution in [3.8, 4) is 0 Å². The highest BCUT2D eigenvalue weighted by Crippen LogP contribution is 2.35. The summed E-state index contributed by atoms with van der Waals surface area (Å²) >= 11 is 3.23. The fourth-order valence-electron chi connectivity index (χ4n) is 3.65. The minimum atomic E-state index is -0.259. The Kier molecular flexibility index (Phi) is 4.17. The number of carbonyl (C=O) groups excluding carboxylic acids is 1. The van der Waals surface area contributed by atoms with Crippen molar-refractivity contribution in [3.63, 3.8) is 0 Å². The van der Waals surface area contributed by atoms with Crippen molar-refractivity contribution < 1.29 is 14.3 Å². The number of amides is 1. The van der Waals surface area contributed by atoms with E-state index in [4.69, 9.17) is 4.42 Å². The topological polar surface area (TPSA) is 53.7 Å². The molecule has 0 radical (unpaired) electrons. The highest BCUT2D eigenvalue weighted by Gasteiger charge is 2.39. The van der Waals surface area contributed by atoms with Crippen LogP contribution in [-0.2, 0) is 0 Å². The van der Waals surface area contributed by atoms with E-state index >= 15 is 0 Å². The molecule has 1 amide bonds. The lowest BCUT2D eigenvalue weighted by molar-refractivity contribution is 0.0199. The van der Waals surface area contributed by atoms with Crippen LogP contribution in [0.3, 0.4) is 0 Å². The SMILES string of the molecule is O=C(c1ccc(Br)o1)N1CCC[C@@H]1[C@@H]1CCCC[C@@H]1O. The summed E-state index contributed by atoms with van der Waals surface area (Å²) in [5.74, 6) is 0.568. The van der Waals surface area contributed by atoms with Gasteiger partial charge < -0.3 is 14.4 Å². The summed E-state index contributed by atoms with van der Waals surface area (Å²) in [5.41, 5.74) is 0. The minimum Gasteiger partial charge on any atom is -0.444 e. The Hall–Kier alpha value is -0.810. The van der Waals surface area contributed by atoms with Gasteiger partial charge in [-0.3, -0.25) is 4.79 Å². The maximum Gasteiger partial charge on any atom is 0.289 e. The summed E-state index contributed by atoms with van der Waals surface area (Å²) in [5, 5.41) is 10.2. The average molecular weight is 342 g/mol. The summed E-state index contributed by atoms with van der Waals surface area (Å²) in [7, 11) is 0. The fourth-order valence-corrected chi connectivity index (χ4v) is 3.96. The van der Waals surface area contributed by atoms with Crippen LogP contribution >= 0.6 is 15.9 Å². The molecule has 1 aromatic rings. The van der Waals surface area contributed by atoms with Crippen LogP contribution in [0.25, 0.3) is 0 Å². The van der Waals surface area contributed by atoms with Gasteiger partial charge in [0.1, 0.15) is 0 Å². The Morgan fingerprint density at radius 1 is 1.25 bits per heavy atom. The van der Waals surface area contributed by atoms with Gasteiger partial charge in [-0.15, -0.1) is 0 Å². The zero-order valence-corrected chi connectivity index (χ0v) is 13.0. The van der Waals surface area contributed by atoms with E-state index in [1.54, 1.807) is 12.1 Å². The standard InChI is InChI=1S/C15H20BrNO3/c16-14-8-7-13(20-14)15(19)17-9-3-5-11(17)10-4-1-2-6-12(10)18/h7-8,10-12,18H,1-6,9H2/t10-,11+,12-/m0/s1. The zero-order valence-electron chi connectivity index (χ0n) is 11.4. The molecule has 0 aromatic carbocycles. The molecule has 2 fully saturated rings. The van der Waals surface area contributed by atoms with E-state index in [9.17, 15) is 9.90 Å². The molecule has 0 unspecified atom stereocenters. The van der Waals surface area contributed by atoms with E-state index in [2.05, 4.69) is 15.9 Å². The first-order valence-corrected chi connectivity index (χ1v) is 8.20. The first-order chi connectivity index (χ1) is 9.66. The zero-order chi connectivity index (χ0) is 14.1. The van der Waals surface area contributed by atoms with E-state index < -0.39 is 0 Å². The van der Waals surface area contributed by atoms with Gasteiger partial charge in [0.15, 0.2) is 10.4 Å². The fraction of sp³-hybridized carbons (Fsp3) is 0.667. The summed E-state index contributed by atoms with van der Waals surface area (Å²) < 4.78 is 5.96. The molecule has 2 heterocycles. The maximum atomic E-state index is 12.5. The largest absolute Gasteiger partial charge is 0.444 e. The quantitative estimate of drug-likeness (QED) is 0.898. The van der Waals surface area contributed by atoms with Gasteiger partial charge in [0.2, 0.25) is 0 Å². The van der Waals surface area contributed by atoms with Crippen molar-refractivity contribution in [3.05, 3.63) is 22.6 Å². The van der Waals surface area contributed by atoms with Crippen LogP contribution in [0.2, 0.25) is 0 Å². The third-order valence-electron chi connectivity index (χ3n) is 4.62. The molecule has 1 saturated heterocycles. The van der Waals surface area contributed by atoms with Crippen molar-refractivity contribution in [2.75, 3.05) is 6.54 Å². The van der Waals surface area contributed by atoms with Gasteiger partial charge in [0, 0.05) is 18.5 Å². The number of furan rings is 1. The summed E-state index contributed by atoms with van der Waals surface area (Å²) in [6.45, 7) is 0.769. The molecular weight excluding hydrogens is 322 g/mol. The number of nitrogens with zero attached hydrogens (tertiary/aromatic N) is 1. The van der Waals surface area contributed by atoms with E-state index in [-0.39, 0.29) is 24.0 Å². The molecule has 2 aliphatic rings. The maximum absolute atomic E-state index is 12.5. The smallest absolute Gasteiger partial charge is 0.289 e. The number of rotatable bonds is 2. The summed E-state index contributed by atoms with van der Waals surface area (Å²) in [6.07, 6.45) is 5.91. The Labute approximate surface area is 127 Å². The molecule has 110 valence electrons. The first-order valence-electron chi connectivity index (χ1n) is 7.41. The molecule has 1 aliphatic heterocycles. The minimum absolute atomic E-state index is 0.0454. The molecule has 3 atom stereocenters. The third kappa shape index (κ3) is 2.66. The molecular formula is C15H20BrNO3. The van der Waals surface area contributed by atoms with Gasteiger partial charge in [-0.05, 0) is 53.7 Å². The molecule has 4 nitrogen and oxygen atoms in total. The second-order valence-corrected chi connectivity index (χ2v) is 6.61. The van der Waals surface area contributed by atoms with E-state index in [1.807, 2.05) is 4.90 Å². The lowest BCUT2D eigenvalue weighted by atomic mass is 9.80. The Morgan fingerprint density at radius 2 is 2.05 bits per heavy atom. The normalized spacial score (nSPS) is 30.7. The predicted octanol–water partition coefficient (Wildman–Crippen LogP) is 3.20. The predicted molar refractivity (Wildman–Crippen MR) is 78.4 cm³/mol. The molecule has 1 N–H and O–H groups in total. The monoisotopic (exact) mass is 341 g/mol. The Balaban J connectivity index is 1.76. The number of halogens is 1. The van der Waals surface area contributed by atoms with Crippen molar-refractivity contribution in [1.82, 2.24) is 4.90 Å². The van der Waals surface area contributed by atoms with Gasteiger partial charge in [0.05, 0.1) is 6.10 Å². The number of aliphatic hydroxyl groups excluding tert-OH is 1. The number of likely N-dealkylation sites (tertiary alicyclic amines) is 1. The van der Waals surface area contributed by atoms with E-state index in [0.29, 0.717) is 10.4 Å². The molecule has 1 saturated carbocycles. The highest BCUT2D eigenvalue weighted by atomic mass is 79.9. The van der Waals surface area contributed by atoms with Crippen molar-refractivity contribution in [2.24, 2.45) is 5.92 Å². The van der Waals surface area contributed by atoms with Crippen LogP contribution in [0, 0.1) is 5.92 Å². The van der Waals surface area contributed by atoms with E-state index in [1.165, 1.54) is 0 Å². The highest BCUT2D eigenvalue weighted by molar-refractivity contribution is 9.10. The second kappa shape index (κ2) is 5.90. The van der Waals surface area contributed by atoms with Gasteiger partial charge in [-0.1, -0.05) is 12.8 Å². The molecule has 0 spiro atoms. The van der Waals surface area contributed by atoms with Crippen LogP contribution in [0.15, 0.2) is 21.2 Å². The van der Waals surface area contributed by atoms with Gasteiger partial charge >= 0.3 is 0 Å². The van der Waals surface area contributed by atoms with Crippen LogP contribution in [-0.4, -0.2) is 34.6 Å². The number of hydrogen-bond donors (Lipinski definition) is 1. The van der Waals surface area contributed by atoms with Crippen LogP contribution < -0.4 is 0 Å². The average Bonchev–Trinajstić information content (AvgIpc) is 3.07. The van der Waals surface area contributed by atoms with E-state index in [0.717, 1.165) is 45.1 Å². The van der Waals surface area contributed by atoms with Gasteiger partial charge in [0.25, 0.3) is 5.91 Å². The second-order valence-electron chi connectivity index (χ2n) is 5.83. The lowest BCUT2D eigenvalue weighted by Gasteiger charge is -2.36. The lowest BCUT2D eigenvalue weighted by Crippen LogP contribution is -2.45. The van der Waals surface area contributed by atoms with Gasteiger partial charge in [-0.25, -0.2) is 0 Å². The van der Waals surface area contributed by atoms with Crippen LogP contribution in [0.5, 0.6) is 0 Å². The van der Waals surface area contributed by atoms with Crippen molar-refractivity contribution in [1.29, 1.82) is 0 Å². The molecule has 5 heteroatoms. The molecule has 20 heavy (non-hydrogen) atoms. The van der Waals surface area contributed by atoms with Crippen molar-refractivity contribution in [2.45, 2.75) is 50.7 Å².